The van der Waals surface area contributed by atoms with Gasteiger partial charge in [-0.2, -0.15) is 0 Å². The summed E-state index contributed by atoms with van der Waals surface area (Å²) >= 11 is 3.41. The molecule has 0 fully saturated rings. The molecule has 0 atom stereocenters. The van der Waals surface area contributed by atoms with Crippen molar-refractivity contribution < 1.29 is 19.4 Å². The average molecular weight is 374 g/mol. The number of hydrogen-bond donors (Lipinski definition) is 2. The molecule has 2 N–H and O–H groups in total. The number of nitrogens with zero attached hydrogens (tertiary/aromatic N) is 1. The van der Waals surface area contributed by atoms with Crippen molar-refractivity contribution in [3.8, 4) is 0 Å². The Labute approximate surface area is 141 Å². The summed E-state index contributed by atoms with van der Waals surface area (Å²) in [6.07, 6.45) is 0.991. The largest absolute Gasteiger partial charge is 0.478 e. The van der Waals surface area contributed by atoms with Crippen LogP contribution in [0.3, 0.4) is 0 Å². The number of rotatable bonds is 3. The molecule has 0 aliphatic carbocycles. The van der Waals surface area contributed by atoms with Crippen molar-refractivity contribution in [3.63, 3.8) is 0 Å². The van der Waals surface area contributed by atoms with Gasteiger partial charge >= 0.3 is 5.97 Å². The van der Waals surface area contributed by atoms with Crippen LogP contribution in [0, 0.1) is 0 Å². The SMILES string of the molecule is O=C1CCC(c2ccc(Br)cc2)=[N+](c2cccc(C(=O)O)c2)N1. The van der Waals surface area contributed by atoms with Gasteiger partial charge in [-0.1, -0.05) is 26.7 Å². The van der Waals surface area contributed by atoms with Crippen LogP contribution in [-0.4, -0.2) is 27.4 Å². The Kier molecular flexibility index (Phi) is 4.25. The van der Waals surface area contributed by atoms with Crippen molar-refractivity contribution in [2.75, 3.05) is 0 Å². The van der Waals surface area contributed by atoms with E-state index in [2.05, 4.69) is 21.4 Å². The highest BCUT2D eigenvalue weighted by Gasteiger charge is 2.28. The number of halogens is 1. The normalized spacial score (nSPS) is 14.6. The molecule has 1 heterocycles. The van der Waals surface area contributed by atoms with Crippen molar-refractivity contribution in [1.29, 1.82) is 0 Å². The molecule has 6 heteroatoms. The Morgan fingerprint density at radius 1 is 1.13 bits per heavy atom. The maximum absolute atomic E-state index is 11.8. The Balaban J connectivity index is 2.13. The summed E-state index contributed by atoms with van der Waals surface area (Å²) < 4.78 is 2.64. The minimum absolute atomic E-state index is 0.0911. The molecule has 1 amide bonds. The van der Waals surface area contributed by atoms with Crippen LogP contribution in [0.4, 0.5) is 5.69 Å². The molecule has 0 unspecified atom stereocenters. The smallest absolute Gasteiger partial charge is 0.335 e. The van der Waals surface area contributed by atoms with E-state index in [9.17, 15) is 9.59 Å². The minimum atomic E-state index is -1.000. The van der Waals surface area contributed by atoms with E-state index in [4.69, 9.17) is 5.11 Å². The zero-order valence-corrected chi connectivity index (χ0v) is 13.7. The van der Waals surface area contributed by atoms with E-state index in [1.165, 1.54) is 6.07 Å². The minimum Gasteiger partial charge on any atom is -0.478 e. The van der Waals surface area contributed by atoms with Gasteiger partial charge in [-0.25, -0.2) is 4.79 Å². The van der Waals surface area contributed by atoms with Crippen LogP contribution >= 0.6 is 15.9 Å². The molecule has 1 aliphatic rings. The highest BCUT2D eigenvalue weighted by atomic mass is 79.9. The number of hydrazone groups is 1. The van der Waals surface area contributed by atoms with Crippen molar-refractivity contribution >= 4 is 39.2 Å². The Hall–Kier alpha value is -2.47. The Morgan fingerprint density at radius 2 is 1.87 bits per heavy atom. The van der Waals surface area contributed by atoms with Gasteiger partial charge in [0.25, 0.3) is 5.91 Å². The summed E-state index contributed by atoms with van der Waals surface area (Å²) in [5.41, 5.74) is 5.52. The predicted molar refractivity (Wildman–Crippen MR) is 88.9 cm³/mol. The van der Waals surface area contributed by atoms with Crippen molar-refractivity contribution in [3.05, 3.63) is 64.1 Å². The van der Waals surface area contributed by atoms with Crippen LogP contribution in [0.25, 0.3) is 0 Å². The molecule has 3 rings (SSSR count). The number of amides is 1. The summed E-state index contributed by atoms with van der Waals surface area (Å²) in [6, 6.07) is 14.3. The first-order valence-electron chi connectivity index (χ1n) is 7.09. The number of aromatic carboxylic acids is 1. The fourth-order valence-corrected chi connectivity index (χ4v) is 2.77. The van der Waals surface area contributed by atoms with Crippen LogP contribution < -0.4 is 5.43 Å². The van der Waals surface area contributed by atoms with E-state index in [0.29, 0.717) is 18.5 Å². The third kappa shape index (κ3) is 3.32. The monoisotopic (exact) mass is 373 g/mol. The summed E-state index contributed by atoms with van der Waals surface area (Å²) in [4.78, 5) is 23.0. The van der Waals surface area contributed by atoms with E-state index in [-0.39, 0.29) is 11.5 Å². The van der Waals surface area contributed by atoms with Gasteiger partial charge in [0.2, 0.25) is 11.4 Å². The number of benzene rings is 2. The lowest BCUT2D eigenvalue weighted by molar-refractivity contribution is -0.496. The van der Waals surface area contributed by atoms with E-state index in [0.717, 1.165) is 15.7 Å². The zero-order chi connectivity index (χ0) is 16.4. The van der Waals surface area contributed by atoms with Crippen molar-refractivity contribution in [2.24, 2.45) is 0 Å². The quantitative estimate of drug-likeness (QED) is 0.812. The molecule has 2 aromatic rings. The van der Waals surface area contributed by atoms with Gasteiger partial charge in [0.05, 0.1) is 5.56 Å². The second-order valence-electron chi connectivity index (χ2n) is 5.18. The lowest BCUT2D eigenvalue weighted by atomic mass is 10.0. The number of carbonyl (C=O) groups is 2. The first kappa shape index (κ1) is 15.4. The van der Waals surface area contributed by atoms with Crippen LogP contribution in [0.15, 0.2) is 53.0 Å². The number of hydrogen-bond acceptors (Lipinski definition) is 2. The molecule has 2 aromatic carbocycles. The van der Waals surface area contributed by atoms with E-state index >= 15 is 0 Å². The van der Waals surface area contributed by atoms with Gasteiger partial charge in [0.15, 0.2) is 0 Å². The fraction of sp³-hybridized carbons (Fsp3) is 0.118. The molecule has 0 aromatic heterocycles. The number of carboxylic acid groups (broad SMARTS) is 1. The van der Waals surface area contributed by atoms with Gasteiger partial charge in [-0.3, -0.25) is 4.79 Å². The molecule has 0 spiro atoms. The van der Waals surface area contributed by atoms with Crippen LogP contribution in [0.5, 0.6) is 0 Å². The maximum Gasteiger partial charge on any atom is 0.335 e. The number of carboxylic acids is 1. The second-order valence-corrected chi connectivity index (χ2v) is 6.10. The lowest BCUT2D eigenvalue weighted by Gasteiger charge is -2.14. The molecular formula is C17H14BrN2O3+. The molecule has 0 saturated carbocycles. The molecule has 23 heavy (non-hydrogen) atoms. The number of hydrazine groups is 1. The van der Waals surface area contributed by atoms with Crippen molar-refractivity contribution in [1.82, 2.24) is 5.43 Å². The summed E-state index contributed by atoms with van der Waals surface area (Å²) in [6.45, 7) is 0. The van der Waals surface area contributed by atoms with Gasteiger partial charge < -0.3 is 5.11 Å². The molecular weight excluding hydrogens is 360 g/mol. The Bertz CT molecular complexity index is 813. The number of carbonyl (C=O) groups excluding carboxylic acids is 1. The van der Waals surface area contributed by atoms with E-state index < -0.39 is 5.97 Å². The van der Waals surface area contributed by atoms with Crippen molar-refractivity contribution in [2.45, 2.75) is 12.8 Å². The molecule has 0 radical (unpaired) electrons. The molecule has 5 nitrogen and oxygen atoms in total. The fourth-order valence-electron chi connectivity index (χ4n) is 2.51. The topological polar surface area (TPSA) is 69.4 Å². The van der Waals surface area contributed by atoms with Gasteiger partial charge in [0.1, 0.15) is 0 Å². The van der Waals surface area contributed by atoms with E-state index in [1.54, 1.807) is 22.9 Å². The van der Waals surface area contributed by atoms with Gasteiger partial charge in [-0.15, -0.1) is 5.43 Å². The first-order chi connectivity index (χ1) is 11.0. The predicted octanol–water partition coefficient (Wildman–Crippen LogP) is 3.11. The molecule has 0 saturated heterocycles. The lowest BCUT2D eigenvalue weighted by Crippen LogP contribution is -2.40. The standard InChI is InChI=1S/C17H13BrN2O3/c18-13-6-4-11(5-7-13)15-8-9-16(21)19-20(15)14-3-1-2-12(10-14)17(22)23/h1-7,10H,8-9H2,(H-,19,21,22,23)/p+1. The Morgan fingerprint density at radius 3 is 2.57 bits per heavy atom. The van der Waals surface area contributed by atoms with Crippen LogP contribution in [-0.2, 0) is 4.79 Å². The number of nitrogens with one attached hydrogen (secondary N) is 1. The zero-order valence-electron chi connectivity index (χ0n) is 12.1. The second kappa shape index (κ2) is 6.34. The van der Waals surface area contributed by atoms with E-state index in [1.807, 2.05) is 24.3 Å². The van der Waals surface area contributed by atoms with Crippen LogP contribution in [0.2, 0.25) is 0 Å². The van der Waals surface area contributed by atoms with Crippen LogP contribution in [0.1, 0.15) is 28.8 Å². The average Bonchev–Trinajstić information content (AvgIpc) is 2.56. The maximum atomic E-state index is 11.8. The first-order valence-corrected chi connectivity index (χ1v) is 7.88. The van der Waals surface area contributed by atoms with Gasteiger partial charge in [-0.05, 0) is 30.3 Å². The third-order valence-electron chi connectivity index (χ3n) is 3.62. The summed E-state index contributed by atoms with van der Waals surface area (Å²) in [7, 11) is 0. The molecule has 0 bridgehead atoms. The molecule has 1 aliphatic heterocycles. The highest BCUT2D eigenvalue weighted by Crippen LogP contribution is 2.20. The summed E-state index contributed by atoms with van der Waals surface area (Å²) in [5.74, 6) is -1.09. The summed E-state index contributed by atoms with van der Waals surface area (Å²) in [5, 5.41) is 9.16. The van der Waals surface area contributed by atoms with Gasteiger partial charge in [0, 0.05) is 35.0 Å². The molecule has 116 valence electrons. The highest BCUT2D eigenvalue weighted by molar-refractivity contribution is 9.10. The third-order valence-corrected chi connectivity index (χ3v) is 4.15.